The second-order valence-corrected chi connectivity index (χ2v) is 8.58. The third-order valence-corrected chi connectivity index (χ3v) is 6.60. The zero-order valence-corrected chi connectivity index (χ0v) is 16.4. The van der Waals surface area contributed by atoms with Gasteiger partial charge in [-0.3, -0.25) is 9.18 Å². The van der Waals surface area contributed by atoms with Crippen LogP contribution in [0, 0.1) is 0 Å². The fourth-order valence-electron chi connectivity index (χ4n) is 3.19. The number of rotatable bonds is 6. The number of amides is 1. The molecular formula is C18H20FN5OS2. The van der Waals surface area contributed by atoms with Crippen molar-refractivity contribution in [3.63, 3.8) is 0 Å². The number of carbonyl (C=O) groups is 1. The summed E-state index contributed by atoms with van der Waals surface area (Å²) in [5.41, 5.74) is 0.646. The van der Waals surface area contributed by atoms with E-state index in [0.717, 1.165) is 37.2 Å². The molecule has 1 aliphatic rings. The van der Waals surface area contributed by atoms with Gasteiger partial charge in [0.05, 0.1) is 16.8 Å². The molecular weight excluding hydrogens is 385 g/mol. The standard InChI is InChI=1S/C18H20FN5OS2/c19-9-8-14(18(25)23-10-2-1-3-11-23)27-16-7-6-15-20-21-17(24(15)22-16)13-5-4-12-26-13/h4-7,12,14H,1-3,8-11H2. The van der Waals surface area contributed by atoms with Crippen LogP contribution in [0.5, 0.6) is 0 Å². The summed E-state index contributed by atoms with van der Waals surface area (Å²) in [6.45, 7) is 1.01. The minimum atomic E-state index is -0.521. The first kappa shape index (κ1) is 18.4. The summed E-state index contributed by atoms with van der Waals surface area (Å²) in [7, 11) is 0. The quantitative estimate of drug-likeness (QED) is 0.586. The van der Waals surface area contributed by atoms with Gasteiger partial charge in [-0.25, -0.2) is 0 Å². The molecule has 0 aromatic carbocycles. The predicted octanol–water partition coefficient (Wildman–Crippen LogP) is 3.69. The summed E-state index contributed by atoms with van der Waals surface area (Å²) in [4.78, 5) is 15.7. The van der Waals surface area contributed by atoms with Gasteiger partial charge in [0.1, 0.15) is 5.03 Å². The number of fused-ring (bicyclic) bond motifs is 1. The van der Waals surface area contributed by atoms with Crippen LogP contribution in [0.1, 0.15) is 25.7 Å². The van der Waals surface area contributed by atoms with Gasteiger partial charge in [-0.2, -0.15) is 9.61 Å². The minimum Gasteiger partial charge on any atom is -0.342 e. The molecule has 9 heteroatoms. The maximum atomic E-state index is 13.1. The molecule has 0 radical (unpaired) electrons. The molecule has 0 N–H and O–H groups in total. The van der Waals surface area contributed by atoms with Crippen LogP contribution in [0.2, 0.25) is 0 Å². The van der Waals surface area contributed by atoms with Gasteiger partial charge in [-0.05, 0) is 49.3 Å². The average molecular weight is 406 g/mol. The number of alkyl halides is 1. The highest BCUT2D eigenvalue weighted by Crippen LogP contribution is 2.28. The van der Waals surface area contributed by atoms with Gasteiger partial charge < -0.3 is 4.90 Å². The highest BCUT2D eigenvalue weighted by atomic mass is 32.2. The average Bonchev–Trinajstić information content (AvgIpc) is 3.37. The third-order valence-electron chi connectivity index (χ3n) is 4.56. The van der Waals surface area contributed by atoms with Gasteiger partial charge in [-0.1, -0.05) is 17.8 Å². The van der Waals surface area contributed by atoms with Crippen LogP contribution < -0.4 is 0 Å². The highest BCUT2D eigenvalue weighted by Gasteiger charge is 2.27. The van der Waals surface area contributed by atoms with E-state index < -0.39 is 11.9 Å². The van der Waals surface area contributed by atoms with Crippen LogP contribution in [0.15, 0.2) is 34.7 Å². The summed E-state index contributed by atoms with van der Waals surface area (Å²) >= 11 is 2.89. The molecule has 1 amide bonds. The van der Waals surface area contributed by atoms with Crippen LogP contribution >= 0.6 is 23.1 Å². The van der Waals surface area contributed by atoms with Crippen molar-refractivity contribution < 1.29 is 9.18 Å². The molecule has 1 atom stereocenters. The van der Waals surface area contributed by atoms with E-state index in [1.807, 2.05) is 34.5 Å². The SMILES string of the molecule is O=C(C(CCF)Sc1ccc2nnc(-c3cccs3)n2n1)N1CCCCC1. The number of carbonyl (C=O) groups excluding carboxylic acids is 1. The fourth-order valence-corrected chi connectivity index (χ4v) is 4.91. The fraction of sp³-hybridized carbons (Fsp3) is 0.444. The summed E-state index contributed by atoms with van der Waals surface area (Å²) in [6.07, 6.45) is 3.39. The molecule has 4 heterocycles. The maximum Gasteiger partial charge on any atom is 0.236 e. The Morgan fingerprint density at radius 3 is 2.81 bits per heavy atom. The van der Waals surface area contributed by atoms with Crippen LogP contribution in [0.25, 0.3) is 16.3 Å². The summed E-state index contributed by atoms with van der Waals surface area (Å²) in [5, 5.41) is 15.2. The number of likely N-dealkylation sites (tertiary alicyclic amines) is 1. The Bertz CT molecular complexity index is 908. The first-order valence-electron chi connectivity index (χ1n) is 9.04. The zero-order chi connectivity index (χ0) is 18.6. The van der Waals surface area contributed by atoms with Crippen LogP contribution in [0.4, 0.5) is 4.39 Å². The molecule has 1 aliphatic heterocycles. The lowest BCUT2D eigenvalue weighted by atomic mass is 10.1. The number of nitrogens with zero attached hydrogens (tertiary/aromatic N) is 5. The van der Waals surface area contributed by atoms with E-state index in [2.05, 4.69) is 15.3 Å². The normalized spacial score (nSPS) is 16.0. The van der Waals surface area contributed by atoms with Crippen molar-refractivity contribution >= 4 is 34.7 Å². The number of hydrogen-bond acceptors (Lipinski definition) is 6. The molecule has 0 bridgehead atoms. The Labute approximate surface area is 164 Å². The van der Waals surface area contributed by atoms with E-state index in [-0.39, 0.29) is 12.3 Å². The summed E-state index contributed by atoms with van der Waals surface area (Å²) in [5.74, 6) is 0.688. The predicted molar refractivity (Wildman–Crippen MR) is 105 cm³/mol. The largest absolute Gasteiger partial charge is 0.342 e. The molecule has 1 unspecified atom stereocenters. The Morgan fingerprint density at radius 2 is 2.07 bits per heavy atom. The van der Waals surface area contributed by atoms with E-state index in [9.17, 15) is 9.18 Å². The highest BCUT2D eigenvalue weighted by molar-refractivity contribution is 8.00. The Morgan fingerprint density at radius 1 is 1.22 bits per heavy atom. The Balaban J connectivity index is 1.58. The number of piperidine rings is 1. The summed E-state index contributed by atoms with van der Waals surface area (Å²) in [6, 6.07) is 7.57. The van der Waals surface area contributed by atoms with Crippen molar-refractivity contribution in [3.05, 3.63) is 29.6 Å². The van der Waals surface area contributed by atoms with E-state index in [4.69, 9.17) is 0 Å². The van der Waals surface area contributed by atoms with Crippen molar-refractivity contribution in [3.8, 4) is 10.7 Å². The van der Waals surface area contributed by atoms with Gasteiger partial charge in [0.25, 0.3) is 0 Å². The lowest BCUT2D eigenvalue weighted by molar-refractivity contribution is -0.131. The minimum absolute atomic E-state index is 0.0153. The van der Waals surface area contributed by atoms with E-state index in [0.29, 0.717) is 16.5 Å². The van der Waals surface area contributed by atoms with Gasteiger partial charge in [0.2, 0.25) is 5.91 Å². The molecule has 6 nitrogen and oxygen atoms in total. The molecule has 0 spiro atoms. The van der Waals surface area contributed by atoms with Gasteiger partial charge in [-0.15, -0.1) is 21.5 Å². The van der Waals surface area contributed by atoms with Gasteiger partial charge >= 0.3 is 0 Å². The van der Waals surface area contributed by atoms with Crippen LogP contribution in [-0.4, -0.2) is 55.6 Å². The maximum absolute atomic E-state index is 13.1. The Kier molecular flexibility index (Phi) is 5.68. The molecule has 1 fully saturated rings. The Hall–Kier alpha value is -2.00. The van der Waals surface area contributed by atoms with Gasteiger partial charge in [0.15, 0.2) is 11.5 Å². The monoisotopic (exact) mass is 405 g/mol. The number of hydrogen-bond donors (Lipinski definition) is 0. The molecule has 0 saturated carbocycles. The first-order chi connectivity index (χ1) is 13.3. The number of thiophene rings is 1. The molecule has 142 valence electrons. The van der Waals surface area contributed by atoms with Gasteiger partial charge in [0, 0.05) is 13.1 Å². The topological polar surface area (TPSA) is 63.4 Å². The molecule has 0 aliphatic carbocycles. The zero-order valence-electron chi connectivity index (χ0n) is 14.8. The molecule has 3 aromatic rings. The molecule has 27 heavy (non-hydrogen) atoms. The third kappa shape index (κ3) is 3.98. The lowest BCUT2D eigenvalue weighted by Gasteiger charge is -2.29. The molecule has 1 saturated heterocycles. The van der Waals surface area contributed by atoms with Crippen molar-refractivity contribution in [2.75, 3.05) is 19.8 Å². The second kappa shape index (κ2) is 8.35. The number of aromatic nitrogens is 4. The van der Waals surface area contributed by atoms with Crippen LogP contribution in [-0.2, 0) is 4.79 Å². The van der Waals surface area contributed by atoms with Crippen LogP contribution in [0.3, 0.4) is 0 Å². The smallest absolute Gasteiger partial charge is 0.236 e. The second-order valence-electron chi connectivity index (χ2n) is 6.41. The first-order valence-corrected chi connectivity index (χ1v) is 10.8. The van der Waals surface area contributed by atoms with Crippen molar-refractivity contribution in [1.82, 2.24) is 24.7 Å². The molecule has 3 aromatic heterocycles. The van der Waals surface area contributed by atoms with Crippen molar-refractivity contribution in [2.24, 2.45) is 0 Å². The van der Waals surface area contributed by atoms with E-state index in [1.165, 1.54) is 11.8 Å². The number of thioether (sulfide) groups is 1. The number of halogens is 1. The van der Waals surface area contributed by atoms with Crippen molar-refractivity contribution in [1.29, 1.82) is 0 Å². The molecule has 4 rings (SSSR count). The summed E-state index contributed by atoms with van der Waals surface area (Å²) < 4.78 is 14.8. The lowest BCUT2D eigenvalue weighted by Crippen LogP contribution is -2.41. The van der Waals surface area contributed by atoms with Crippen molar-refractivity contribution in [2.45, 2.75) is 36.0 Å². The van der Waals surface area contributed by atoms with E-state index >= 15 is 0 Å². The van der Waals surface area contributed by atoms with E-state index in [1.54, 1.807) is 15.9 Å².